The Hall–Kier alpha value is -3.74. The number of hydrogen-bond acceptors (Lipinski definition) is 4. The first-order valence-electron chi connectivity index (χ1n) is 10.8. The number of pyridine rings is 2. The fourth-order valence-corrected chi connectivity index (χ4v) is 5.22. The van der Waals surface area contributed by atoms with Crippen molar-refractivity contribution in [1.29, 1.82) is 0 Å². The Morgan fingerprint density at radius 1 is 1.12 bits per heavy atom. The molecule has 32 heavy (non-hydrogen) atoms. The summed E-state index contributed by atoms with van der Waals surface area (Å²) in [4.78, 5) is 45.1. The number of nitrogens with zero attached hydrogens (tertiary/aromatic N) is 3. The van der Waals surface area contributed by atoms with Crippen molar-refractivity contribution >= 4 is 17.5 Å². The van der Waals surface area contributed by atoms with Crippen molar-refractivity contribution in [3.05, 3.63) is 94.2 Å². The van der Waals surface area contributed by atoms with Crippen LogP contribution in [-0.4, -0.2) is 32.8 Å². The van der Waals surface area contributed by atoms with Gasteiger partial charge in [0.2, 0.25) is 11.8 Å². The molecule has 2 amide bonds. The number of amides is 2. The largest absolute Gasteiger partial charge is 0.334 e. The fraction of sp³-hybridized carbons (Fsp3) is 0.280. The maximum Gasteiger partial charge on any atom is 0.250 e. The van der Waals surface area contributed by atoms with Crippen LogP contribution in [0, 0.1) is 6.92 Å². The molecule has 1 aromatic carbocycles. The molecule has 0 bridgehead atoms. The van der Waals surface area contributed by atoms with Gasteiger partial charge in [-0.05, 0) is 42.7 Å². The van der Waals surface area contributed by atoms with Gasteiger partial charge in [-0.2, -0.15) is 0 Å². The molecule has 2 atom stereocenters. The summed E-state index contributed by atoms with van der Waals surface area (Å²) in [6.45, 7) is 2.62. The third-order valence-electron chi connectivity index (χ3n) is 6.72. The zero-order chi connectivity index (χ0) is 22.3. The molecule has 1 fully saturated rings. The average molecular weight is 428 g/mol. The lowest BCUT2D eigenvalue weighted by Crippen LogP contribution is -2.43. The van der Waals surface area contributed by atoms with Crippen LogP contribution in [0.15, 0.2) is 71.8 Å². The highest BCUT2D eigenvalue weighted by molar-refractivity contribution is 6.07. The van der Waals surface area contributed by atoms with Gasteiger partial charge in [0.05, 0.1) is 6.04 Å². The van der Waals surface area contributed by atoms with Gasteiger partial charge in [-0.15, -0.1) is 0 Å². The Balaban J connectivity index is 1.51. The molecule has 0 radical (unpaired) electrons. The summed E-state index contributed by atoms with van der Waals surface area (Å²) in [6, 6.07) is 16.1. The number of nitrogens with one attached hydrogen (secondary N) is 1. The summed E-state index contributed by atoms with van der Waals surface area (Å²) < 4.78 is 1.61. The van der Waals surface area contributed by atoms with E-state index in [0.717, 1.165) is 22.5 Å². The molecule has 1 N–H and O–H groups in total. The van der Waals surface area contributed by atoms with Gasteiger partial charge in [0.1, 0.15) is 5.41 Å². The molecular formula is C25H24N4O3. The molecule has 4 heterocycles. The number of para-hydroxylation sites is 1. The third kappa shape index (κ3) is 3.04. The molecule has 2 aliphatic heterocycles. The number of rotatable bonds is 4. The molecule has 7 heteroatoms. The number of hydrogen-bond donors (Lipinski definition) is 1. The highest BCUT2D eigenvalue weighted by Gasteiger charge is 2.59. The molecule has 0 saturated carbocycles. The Morgan fingerprint density at radius 2 is 1.97 bits per heavy atom. The average Bonchev–Trinajstić information content (AvgIpc) is 3.33. The quantitative estimate of drug-likeness (QED) is 0.693. The van der Waals surface area contributed by atoms with E-state index in [4.69, 9.17) is 0 Å². The van der Waals surface area contributed by atoms with E-state index in [1.165, 1.54) is 6.07 Å². The minimum Gasteiger partial charge on any atom is -0.334 e. The molecule has 2 unspecified atom stereocenters. The maximum absolute atomic E-state index is 13.4. The molecule has 162 valence electrons. The lowest BCUT2D eigenvalue weighted by Gasteiger charge is -2.34. The topological polar surface area (TPSA) is 84.3 Å². The Labute approximate surface area is 185 Å². The minimum atomic E-state index is -0.852. The molecule has 0 aliphatic carbocycles. The first kappa shape index (κ1) is 20.2. The van der Waals surface area contributed by atoms with Crippen LogP contribution in [0.1, 0.15) is 35.7 Å². The number of aromatic nitrogens is 2. The monoisotopic (exact) mass is 428 g/mol. The second-order valence-corrected chi connectivity index (χ2v) is 8.40. The van der Waals surface area contributed by atoms with Crippen LogP contribution >= 0.6 is 0 Å². The molecule has 2 aromatic heterocycles. The highest BCUT2D eigenvalue weighted by atomic mass is 16.2. The van der Waals surface area contributed by atoms with Gasteiger partial charge in [-0.3, -0.25) is 19.4 Å². The zero-order valence-electron chi connectivity index (χ0n) is 17.8. The van der Waals surface area contributed by atoms with Crippen LogP contribution in [0.2, 0.25) is 0 Å². The molecule has 5 rings (SSSR count). The van der Waals surface area contributed by atoms with E-state index in [2.05, 4.69) is 10.3 Å². The van der Waals surface area contributed by atoms with Gasteiger partial charge in [0, 0.05) is 49.4 Å². The van der Waals surface area contributed by atoms with Crippen molar-refractivity contribution in [2.24, 2.45) is 0 Å². The maximum atomic E-state index is 13.4. The predicted molar refractivity (Wildman–Crippen MR) is 120 cm³/mol. The number of aryl methyl sites for hydroxylation is 1. The lowest BCUT2D eigenvalue weighted by atomic mass is 9.73. The molecule has 1 saturated heterocycles. The summed E-state index contributed by atoms with van der Waals surface area (Å²) in [5.41, 5.74) is 2.39. The van der Waals surface area contributed by atoms with Crippen LogP contribution in [0.5, 0.6) is 0 Å². The van der Waals surface area contributed by atoms with E-state index < -0.39 is 11.5 Å². The van der Waals surface area contributed by atoms with Crippen molar-refractivity contribution in [2.45, 2.75) is 37.8 Å². The predicted octanol–water partition coefficient (Wildman–Crippen LogP) is 2.81. The van der Waals surface area contributed by atoms with Crippen LogP contribution in [-0.2, 0) is 21.5 Å². The first-order valence-corrected chi connectivity index (χ1v) is 10.8. The summed E-state index contributed by atoms with van der Waals surface area (Å²) in [5, 5.41) is 3.02. The van der Waals surface area contributed by atoms with E-state index in [-0.39, 0.29) is 23.8 Å². The number of carbonyl (C=O) groups excluding carboxylic acids is 2. The smallest absolute Gasteiger partial charge is 0.250 e. The lowest BCUT2D eigenvalue weighted by molar-refractivity contribution is -0.133. The summed E-state index contributed by atoms with van der Waals surface area (Å²) in [5.74, 6) is -0.166. The SMILES string of the molecule is Cc1cccc(=O)n1CCC(=O)N1CCC2(C(=O)Nc3ccccc32)C1c1cccnc1. The van der Waals surface area contributed by atoms with E-state index >= 15 is 0 Å². The van der Waals surface area contributed by atoms with Crippen molar-refractivity contribution < 1.29 is 9.59 Å². The number of fused-ring (bicyclic) bond motifs is 2. The Morgan fingerprint density at radius 3 is 2.75 bits per heavy atom. The summed E-state index contributed by atoms with van der Waals surface area (Å²) in [6.07, 6.45) is 4.13. The zero-order valence-corrected chi connectivity index (χ0v) is 17.8. The minimum absolute atomic E-state index is 0.0805. The molecule has 2 aliphatic rings. The molecule has 7 nitrogen and oxygen atoms in total. The standard InChI is InChI=1S/C25H24N4O3/c1-17-6-4-10-21(30)28(17)14-11-22(31)29-15-12-25(23(29)18-7-5-13-26-16-18)19-8-2-3-9-20(19)27-24(25)32/h2-10,13,16,23H,11-12,14-15H2,1H3,(H,27,32). The molecule has 3 aromatic rings. The van der Waals surface area contributed by atoms with E-state index in [9.17, 15) is 14.4 Å². The second-order valence-electron chi connectivity index (χ2n) is 8.40. The number of likely N-dealkylation sites (tertiary alicyclic amines) is 1. The third-order valence-corrected chi connectivity index (χ3v) is 6.72. The van der Waals surface area contributed by atoms with E-state index in [1.54, 1.807) is 27.9 Å². The number of carbonyl (C=O) groups is 2. The second kappa shape index (κ2) is 7.75. The number of anilines is 1. The summed E-state index contributed by atoms with van der Waals surface area (Å²) >= 11 is 0. The van der Waals surface area contributed by atoms with Crippen LogP contribution in [0.3, 0.4) is 0 Å². The van der Waals surface area contributed by atoms with Gasteiger partial charge in [0.25, 0.3) is 5.56 Å². The van der Waals surface area contributed by atoms with E-state index in [1.807, 2.05) is 49.4 Å². The molecule has 1 spiro atoms. The molecular weight excluding hydrogens is 404 g/mol. The fourth-order valence-electron chi connectivity index (χ4n) is 5.22. The van der Waals surface area contributed by atoms with Crippen LogP contribution < -0.4 is 10.9 Å². The Bertz CT molecular complexity index is 1250. The number of benzene rings is 1. The van der Waals surface area contributed by atoms with Crippen molar-refractivity contribution in [1.82, 2.24) is 14.5 Å². The van der Waals surface area contributed by atoms with Gasteiger partial charge in [0.15, 0.2) is 0 Å². The van der Waals surface area contributed by atoms with Crippen molar-refractivity contribution in [2.75, 3.05) is 11.9 Å². The first-order chi connectivity index (χ1) is 15.5. The Kier molecular flexibility index (Phi) is 4.89. The van der Waals surface area contributed by atoms with Crippen molar-refractivity contribution in [3.63, 3.8) is 0 Å². The van der Waals surface area contributed by atoms with Gasteiger partial charge in [-0.1, -0.05) is 30.3 Å². The van der Waals surface area contributed by atoms with Crippen LogP contribution in [0.4, 0.5) is 5.69 Å². The van der Waals surface area contributed by atoms with Crippen molar-refractivity contribution in [3.8, 4) is 0 Å². The van der Waals surface area contributed by atoms with Gasteiger partial charge >= 0.3 is 0 Å². The normalized spacial score (nSPS) is 21.6. The highest BCUT2D eigenvalue weighted by Crippen LogP contribution is 2.54. The van der Waals surface area contributed by atoms with E-state index in [0.29, 0.717) is 19.5 Å². The van der Waals surface area contributed by atoms with Gasteiger partial charge in [-0.25, -0.2) is 0 Å². The van der Waals surface area contributed by atoms with Gasteiger partial charge < -0.3 is 14.8 Å². The van der Waals surface area contributed by atoms with Crippen LogP contribution in [0.25, 0.3) is 0 Å². The summed E-state index contributed by atoms with van der Waals surface area (Å²) in [7, 11) is 0.